The van der Waals surface area contributed by atoms with Crippen molar-refractivity contribution in [2.45, 2.75) is 19.4 Å². The molecule has 0 aliphatic rings. The molecular weight excluding hydrogens is 267 g/mol. The van der Waals surface area contributed by atoms with Crippen molar-refractivity contribution in [1.82, 2.24) is 0 Å². The first-order valence-corrected chi connectivity index (χ1v) is 6.42. The molecule has 0 fully saturated rings. The van der Waals surface area contributed by atoms with Crippen molar-refractivity contribution in [2.75, 3.05) is 0 Å². The summed E-state index contributed by atoms with van der Waals surface area (Å²) in [6, 6.07) is 12.8. The topological polar surface area (TPSA) is 20.2 Å². The molecule has 0 aromatic heterocycles. The summed E-state index contributed by atoms with van der Waals surface area (Å²) < 4.78 is 0. The summed E-state index contributed by atoms with van der Waals surface area (Å²) in [7, 11) is 0. The number of halogens is 2. The van der Waals surface area contributed by atoms with Crippen LogP contribution in [0.4, 0.5) is 0 Å². The van der Waals surface area contributed by atoms with Crippen LogP contribution in [0.5, 0.6) is 0 Å². The van der Waals surface area contributed by atoms with E-state index in [1.165, 1.54) is 0 Å². The molecule has 2 aromatic carbocycles. The Morgan fingerprint density at radius 1 is 1.00 bits per heavy atom. The van der Waals surface area contributed by atoms with E-state index in [9.17, 15) is 5.11 Å². The van der Waals surface area contributed by atoms with Gasteiger partial charge in [-0.15, -0.1) is 0 Å². The quantitative estimate of drug-likeness (QED) is 0.855. The van der Waals surface area contributed by atoms with Crippen molar-refractivity contribution in [3.63, 3.8) is 0 Å². The zero-order valence-corrected chi connectivity index (χ0v) is 11.8. The van der Waals surface area contributed by atoms with Crippen molar-refractivity contribution < 1.29 is 5.11 Å². The molecule has 2 rings (SSSR count). The smallest absolute Gasteiger partial charge is 0.113 e. The van der Waals surface area contributed by atoms with Gasteiger partial charge in [-0.05, 0) is 37.1 Å². The van der Waals surface area contributed by atoms with Crippen molar-refractivity contribution >= 4 is 23.2 Å². The molecule has 1 nitrogen and oxygen atoms in total. The Hall–Kier alpha value is -1.02. The van der Waals surface area contributed by atoms with Gasteiger partial charge in [0, 0.05) is 15.6 Å². The van der Waals surface area contributed by atoms with Gasteiger partial charge in [0.2, 0.25) is 0 Å². The molecule has 0 aliphatic carbocycles. The summed E-state index contributed by atoms with van der Waals surface area (Å²) in [6.07, 6.45) is 0. The monoisotopic (exact) mass is 280 g/mol. The molecule has 0 heterocycles. The summed E-state index contributed by atoms with van der Waals surface area (Å²) in [5.74, 6) is 0. The van der Waals surface area contributed by atoms with Crippen LogP contribution in [-0.4, -0.2) is 5.11 Å². The molecule has 94 valence electrons. The van der Waals surface area contributed by atoms with E-state index < -0.39 is 5.60 Å². The molecule has 1 unspecified atom stereocenters. The van der Waals surface area contributed by atoms with Crippen molar-refractivity contribution in [3.05, 3.63) is 69.2 Å². The molecule has 0 radical (unpaired) electrons. The predicted octanol–water partition coefficient (Wildman–Crippen LogP) is 4.56. The highest BCUT2D eigenvalue weighted by atomic mass is 35.5. The fraction of sp³-hybridized carbons (Fsp3) is 0.200. The molecular formula is C15H14Cl2O. The molecule has 18 heavy (non-hydrogen) atoms. The van der Waals surface area contributed by atoms with Gasteiger partial charge >= 0.3 is 0 Å². The molecule has 0 amide bonds. The van der Waals surface area contributed by atoms with Crippen LogP contribution in [0.25, 0.3) is 0 Å². The Kier molecular flexibility index (Phi) is 3.67. The van der Waals surface area contributed by atoms with E-state index in [4.69, 9.17) is 23.2 Å². The Balaban J connectivity index is 2.54. The van der Waals surface area contributed by atoms with Crippen LogP contribution in [0.2, 0.25) is 10.0 Å². The Morgan fingerprint density at radius 2 is 1.67 bits per heavy atom. The zero-order chi connectivity index (χ0) is 13.3. The first kappa shape index (κ1) is 13.4. The van der Waals surface area contributed by atoms with E-state index in [-0.39, 0.29) is 0 Å². The minimum absolute atomic E-state index is 0.541. The molecule has 0 bridgehead atoms. The third-order valence-corrected chi connectivity index (χ3v) is 3.87. The minimum atomic E-state index is -1.16. The molecule has 0 saturated heterocycles. The highest BCUT2D eigenvalue weighted by Crippen LogP contribution is 2.35. The third kappa shape index (κ3) is 2.39. The highest BCUT2D eigenvalue weighted by molar-refractivity contribution is 6.32. The number of aliphatic hydroxyl groups is 1. The van der Waals surface area contributed by atoms with E-state index in [1.54, 1.807) is 19.1 Å². The average molecular weight is 281 g/mol. The summed E-state index contributed by atoms with van der Waals surface area (Å²) >= 11 is 12.2. The summed E-state index contributed by atoms with van der Waals surface area (Å²) in [5, 5.41) is 11.9. The highest BCUT2D eigenvalue weighted by Gasteiger charge is 2.28. The summed E-state index contributed by atoms with van der Waals surface area (Å²) in [4.78, 5) is 0. The molecule has 0 saturated carbocycles. The minimum Gasteiger partial charge on any atom is -0.381 e. The number of rotatable bonds is 2. The van der Waals surface area contributed by atoms with Gasteiger partial charge in [-0.25, -0.2) is 0 Å². The number of hydrogen-bond donors (Lipinski definition) is 1. The van der Waals surface area contributed by atoms with E-state index in [0.29, 0.717) is 15.6 Å². The van der Waals surface area contributed by atoms with Crippen molar-refractivity contribution in [3.8, 4) is 0 Å². The molecule has 0 aliphatic heterocycles. The number of hydrogen-bond acceptors (Lipinski definition) is 1. The van der Waals surface area contributed by atoms with Crippen LogP contribution < -0.4 is 0 Å². The second-order valence-corrected chi connectivity index (χ2v) is 5.33. The van der Waals surface area contributed by atoms with Gasteiger partial charge < -0.3 is 5.11 Å². The lowest BCUT2D eigenvalue weighted by atomic mass is 9.88. The maximum Gasteiger partial charge on any atom is 0.113 e. The molecule has 0 spiro atoms. The van der Waals surface area contributed by atoms with Gasteiger partial charge in [0.05, 0.1) is 0 Å². The largest absolute Gasteiger partial charge is 0.381 e. The summed E-state index contributed by atoms with van der Waals surface area (Å²) in [5.41, 5.74) is 1.23. The van der Waals surface area contributed by atoms with Gasteiger partial charge in [-0.3, -0.25) is 0 Å². The van der Waals surface area contributed by atoms with E-state index >= 15 is 0 Å². The standard InChI is InChI=1S/C15H14Cl2O/c1-10-7-8-11(9-14(10)17)15(2,18)12-5-3-4-6-13(12)16/h3-9,18H,1-2H3. The third-order valence-electron chi connectivity index (χ3n) is 3.13. The summed E-state index contributed by atoms with van der Waals surface area (Å²) in [6.45, 7) is 3.64. The van der Waals surface area contributed by atoms with Crippen LogP contribution in [-0.2, 0) is 5.60 Å². The van der Waals surface area contributed by atoms with Crippen molar-refractivity contribution in [2.24, 2.45) is 0 Å². The van der Waals surface area contributed by atoms with E-state index in [0.717, 1.165) is 11.1 Å². The Labute approximate surface area is 117 Å². The maximum absolute atomic E-state index is 10.7. The Morgan fingerprint density at radius 3 is 2.28 bits per heavy atom. The van der Waals surface area contributed by atoms with Crippen LogP contribution in [0.3, 0.4) is 0 Å². The Bertz CT molecular complexity index is 576. The average Bonchev–Trinajstić information content (AvgIpc) is 2.33. The lowest BCUT2D eigenvalue weighted by Gasteiger charge is -2.26. The lowest BCUT2D eigenvalue weighted by molar-refractivity contribution is 0.102. The molecule has 3 heteroatoms. The van der Waals surface area contributed by atoms with Crippen LogP contribution >= 0.6 is 23.2 Å². The maximum atomic E-state index is 10.7. The van der Waals surface area contributed by atoms with Gasteiger partial charge in [0.1, 0.15) is 5.60 Å². The second kappa shape index (κ2) is 4.93. The van der Waals surface area contributed by atoms with Gasteiger partial charge in [0.15, 0.2) is 0 Å². The van der Waals surface area contributed by atoms with Gasteiger partial charge in [0.25, 0.3) is 0 Å². The van der Waals surface area contributed by atoms with E-state index in [2.05, 4.69) is 0 Å². The first-order valence-electron chi connectivity index (χ1n) is 5.67. The first-order chi connectivity index (χ1) is 8.43. The van der Waals surface area contributed by atoms with Crippen LogP contribution in [0.15, 0.2) is 42.5 Å². The lowest BCUT2D eigenvalue weighted by Crippen LogP contribution is -2.23. The second-order valence-electron chi connectivity index (χ2n) is 4.52. The predicted molar refractivity (Wildman–Crippen MR) is 76.3 cm³/mol. The zero-order valence-electron chi connectivity index (χ0n) is 10.2. The molecule has 1 atom stereocenters. The number of benzene rings is 2. The fourth-order valence-corrected chi connectivity index (χ4v) is 2.41. The molecule has 1 N–H and O–H groups in total. The van der Waals surface area contributed by atoms with E-state index in [1.807, 2.05) is 37.3 Å². The SMILES string of the molecule is Cc1ccc(C(C)(O)c2ccccc2Cl)cc1Cl. The molecule has 2 aromatic rings. The van der Waals surface area contributed by atoms with Crippen LogP contribution in [0.1, 0.15) is 23.6 Å². The van der Waals surface area contributed by atoms with Gasteiger partial charge in [-0.2, -0.15) is 0 Å². The van der Waals surface area contributed by atoms with Gasteiger partial charge in [-0.1, -0.05) is 53.5 Å². The number of aryl methyl sites for hydroxylation is 1. The van der Waals surface area contributed by atoms with Crippen molar-refractivity contribution in [1.29, 1.82) is 0 Å². The van der Waals surface area contributed by atoms with Crippen LogP contribution in [0, 0.1) is 6.92 Å². The fourth-order valence-electron chi connectivity index (χ4n) is 1.91. The normalized spacial score (nSPS) is 14.3.